The van der Waals surface area contributed by atoms with Crippen LogP contribution in [0.3, 0.4) is 0 Å². The van der Waals surface area contributed by atoms with Crippen molar-refractivity contribution in [3.05, 3.63) is 76.6 Å². The third-order valence-corrected chi connectivity index (χ3v) is 4.97. The summed E-state index contributed by atoms with van der Waals surface area (Å²) in [7, 11) is 0. The van der Waals surface area contributed by atoms with Crippen molar-refractivity contribution in [2.75, 3.05) is 11.6 Å². The topological polar surface area (TPSA) is 65.7 Å². The monoisotopic (exact) mass is 457 g/mol. The van der Waals surface area contributed by atoms with E-state index in [2.05, 4.69) is 5.10 Å². The normalized spacial score (nSPS) is 14.7. The number of carbonyl (C=O) groups excluding carboxylic acids is 1. The molecular weight excluding hydrogens is 445 g/mol. The van der Waals surface area contributed by atoms with Gasteiger partial charge in [-0.1, -0.05) is 30.3 Å². The van der Waals surface area contributed by atoms with Gasteiger partial charge in [-0.2, -0.15) is 15.4 Å². The molecule has 1 aliphatic rings. The van der Waals surface area contributed by atoms with Gasteiger partial charge in [0.15, 0.2) is 29.9 Å². The number of amides is 1. The molecule has 0 spiro atoms. The lowest BCUT2D eigenvalue weighted by atomic mass is 9.99. The van der Waals surface area contributed by atoms with Gasteiger partial charge in [-0.25, -0.2) is 22.0 Å². The molecule has 4 rings (SSSR count). The minimum absolute atomic E-state index is 0.0249. The number of benzene rings is 3. The molecule has 166 valence electrons. The molecule has 0 unspecified atom stereocenters. The highest BCUT2D eigenvalue weighted by molar-refractivity contribution is 6.32. The van der Waals surface area contributed by atoms with E-state index in [-0.39, 0.29) is 28.7 Å². The maximum Gasteiger partial charge on any atom is 0.280 e. The summed E-state index contributed by atoms with van der Waals surface area (Å²) in [5.41, 5.74) is -1.28. The number of ether oxygens (including phenoxy) is 1. The van der Waals surface area contributed by atoms with E-state index in [1.807, 2.05) is 6.07 Å². The number of hydrogen-bond acceptors (Lipinski definition) is 4. The SMILES string of the molecule is CC1=NN(c2c(F)c(F)c(F)c(F)c2F)C(=O)/C1=C\c1c(OCC#N)ccc2ccccc12. The number of rotatable bonds is 4. The summed E-state index contributed by atoms with van der Waals surface area (Å²) in [4.78, 5) is 13.0. The summed E-state index contributed by atoms with van der Waals surface area (Å²) in [5, 5.41) is 14.1. The maximum absolute atomic E-state index is 14.3. The zero-order valence-electron chi connectivity index (χ0n) is 16.8. The van der Waals surface area contributed by atoms with Crippen molar-refractivity contribution in [1.29, 1.82) is 5.26 Å². The van der Waals surface area contributed by atoms with Crippen molar-refractivity contribution in [3.63, 3.8) is 0 Å². The summed E-state index contributed by atoms with van der Waals surface area (Å²) in [6, 6.07) is 12.2. The summed E-state index contributed by atoms with van der Waals surface area (Å²) >= 11 is 0. The van der Waals surface area contributed by atoms with E-state index in [0.29, 0.717) is 10.9 Å². The Morgan fingerprint density at radius 3 is 2.30 bits per heavy atom. The largest absolute Gasteiger partial charge is 0.478 e. The number of anilines is 1. The van der Waals surface area contributed by atoms with E-state index < -0.39 is 40.7 Å². The number of fused-ring (bicyclic) bond motifs is 1. The van der Waals surface area contributed by atoms with Crippen LogP contribution in [0.5, 0.6) is 5.75 Å². The van der Waals surface area contributed by atoms with E-state index in [1.165, 1.54) is 13.0 Å². The van der Waals surface area contributed by atoms with Crippen LogP contribution >= 0.6 is 0 Å². The van der Waals surface area contributed by atoms with Gasteiger partial charge >= 0.3 is 0 Å². The molecule has 0 saturated carbocycles. The number of hydrazone groups is 1. The lowest BCUT2D eigenvalue weighted by molar-refractivity contribution is -0.114. The number of halogens is 5. The first kappa shape index (κ1) is 22.0. The van der Waals surface area contributed by atoms with Crippen LogP contribution in [0.1, 0.15) is 12.5 Å². The van der Waals surface area contributed by atoms with Crippen LogP contribution in [0.15, 0.2) is 47.1 Å². The summed E-state index contributed by atoms with van der Waals surface area (Å²) in [6.07, 6.45) is 1.34. The van der Waals surface area contributed by atoms with E-state index >= 15 is 0 Å². The minimum atomic E-state index is -2.34. The van der Waals surface area contributed by atoms with Gasteiger partial charge in [0.1, 0.15) is 17.5 Å². The number of nitrogens with zero attached hydrogens (tertiary/aromatic N) is 3. The first-order chi connectivity index (χ1) is 15.8. The summed E-state index contributed by atoms with van der Waals surface area (Å²) in [6.45, 7) is 1.06. The van der Waals surface area contributed by atoms with Crippen LogP contribution in [0.2, 0.25) is 0 Å². The molecule has 0 aliphatic carbocycles. The van der Waals surface area contributed by atoms with Gasteiger partial charge in [0.25, 0.3) is 5.91 Å². The van der Waals surface area contributed by atoms with Gasteiger partial charge in [-0.05, 0) is 29.8 Å². The Kier molecular flexibility index (Phi) is 5.55. The number of carbonyl (C=O) groups is 1. The molecule has 0 aromatic heterocycles. The Bertz CT molecular complexity index is 1400. The quantitative estimate of drug-likeness (QED) is 0.233. The Labute approximate surface area is 183 Å². The summed E-state index contributed by atoms with van der Waals surface area (Å²) < 4.78 is 74.7. The van der Waals surface area contributed by atoms with E-state index in [0.717, 1.165) is 5.39 Å². The maximum atomic E-state index is 14.3. The molecule has 0 radical (unpaired) electrons. The molecule has 0 fully saturated rings. The first-order valence-corrected chi connectivity index (χ1v) is 9.41. The average molecular weight is 457 g/mol. The van der Waals surface area contributed by atoms with E-state index in [1.54, 1.807) is 36.4 Å². The highest BCUT2D eigenvalue weighted by atomic mass is 19.2. The van der Waals surface area contributed by atoms with Gasteiger partial charge in [0.2, 0.25) is 5.82 Å². The van der Waals surface area contributed by atoms with Gasteiger partial charge < -0.3 is 4.74 Å². The number of hydrogen-bond donors (Lipinski definition) is 0. The Morgan fingerprint density at radius 1 is 1.00 bits per heavy atom. The van der Waals surface area contributed by atoms with Crippen molar-refractivity contribution in [1.82, 2.24) is 0 Å². The zero-order chi connectivity index (χ0) is 23.9. The highest BCUT2D eigenvalue weighted by Gasteiger charge is 2.37. The van der Waals surface area contributed by atoms with Crippen molar-refractivity contribution in [2.45, 2.75) is 6.92 Å². The third kappa shape index (κ3) is 3.57. The molecule has 0 bridgehead atoms. The van der Waals surface area contributed by atoms with Gasteiger partial charge in [0.05, 0.1) is 11.3 Å². The standard InChI is InChI=1S/C23H12F5N3O2/c1-11-14(10-15-13-5-3-2-4-12(13)6-7-16(15)33-9-8-29)23(32)31(30-11)22-20(27)18(25)17(24)19(26)21(22)28/h2-7,10H,9H2,1H3/b14-10-. The molecule has 3 aromatic rings. The van der Waals surface area contributed by atoms with Gasteiger partial charge in [-0.15, -0.1) is 0 Å². The first-order valence-electron chi connectivity index (χ1n) is 9.41. The molecule has 1 amide bonds. The van der Waals surface area contributed by atoms with Crippen LogP contribution in [0.25, 0.3) is 16.8 Å². The van der Waals surface area contributed by atoms with Crippen molar-refractivity contribution < 1.29 is 31.5 Å². The smallest absolute Gasteiger partial charge is 0.280 e. The fourth-order valence-corrected chi connectivity index (χ4v) is 3.42. The van der Waals surface area contributed by atoms with Crippen LogP contribution in [-0.4, -0.2) is 18.2 Å². The molecule has 0 saturated heterocycles. The predicted octanol–water partition coefficient (Wildman–Crippen LogP) is 5.24. The molecule has 3 aromatic carbocycles. The molecule has 1 heterocycles. The molecular formula is C23H12F5N3O2. The lowest BCUT2D eigenvalue weighted by Gasteiger charge is -2.15. The van der Waals surface area contributed by atoms with Gasteiger partial charge in [-0.3, -0.25) is 4.79 Å². The number of nitriles is 1. The van der Waals surface area contributed by atoms with E-state index in [4.69, 9.17) is 10.00 Å². The van der Waals surface area contributed by atoms with Crippen molar-refractivity contribution in [3.8, 4) is 11.8 Å². The molecule has 1 aliphatic heterocycles. The second-order valence-electron chi connectivity index (χ2n) is 6.92. The van der Waals surface area contributed by atoms with Crippen molar-refractivity contribution in [2.24, 2.45) is 5.10 Å². The third-order valence-electron chi connectivity index (χ3n) is 4.97. The van der Waals surface area contributed by atoms with E-state index in [9.17, 15) is 26.7 Å². The highest BCUT2D eigenvalue weighted by Crippen LogP contribution is 2.36. The van der Waals surface area contributed by atoms with Crippen LogP contribution in [-0.2, 0) is 4.79 Å². The van der Waals surface area contributed by atoms with Gasteiger partial charge in [0, 0.05) is 5.56 Å². The minimum Gasteiger partial charge on any atom is -0.478 e. The molecule has 5 nitrogen and oxygen atoms in total. The second kappa shape index (κ2) is 8.35. The fraction of sp³-hybridized carbons (Fsp3) is 0.0870. The molecule has 33 heavy (non-hydrogen) atoms. The average Bonchev–Trinajstić information content (AvgIpc) is 3.09. The molecule has 0 atom stereocenters. The Balaban J connectivity index is 1.87. The Morgan fingerprint density at radius 2 is 1.64 bits per heavy atom. The fourth-order valence-electron chi connectivity index (χ4n) is 3.42. The zero-order valence-corrected chi connectivity index (χ0v) is 16.8. The Hall–Kier alpha value is -4.26. The van der Waals surface area contributed by atoms with Crippen LogP contribution in [0.4, 0.5) is 27.6 Å². The second-order valence-corrected chi connectivity index (χ2v) is 6.92. The van der Waals surface area contributed by atoms with Crippen LogP contribution in [0, 0.1) is 40.4 Å². The molecule has 0 N–H and O–H groups in total. The molecule has 10 heteroatoms. The van der Waals surface area contributed by atoms with Crippen molar-refractivity contribution >= 4 is 34.2 Å². The predicted molar refractivity (Wildman–Crippen MR) is 110 cm³/mol. The van der Waals surface area contributed by atoms with Crippen LogP contribution < -0.4 is 9.75 Å². The summed E-state index contributed by atoms with van der Waals surface area (Å²) in [5.74, 6) is -11.9. The lowest BCUT2D eigenvalue weighted by Crippen LogP contribution is -2.25.